The van der Waals surface area contributed by atoms with Crippen molar-refractivity contribution in [3.8, 4) is 0 Å². The smallest absolute Gasteiger partial charge is 0.295 e. The van der Waals surface area contributed by atoms with Crippen LogP contribution in [0.4, 0.5) is 11.4 Å². The largest absolute Gasteiger partial charge is 0.381 e. The molecule has 0 bridgehead atoms. The third-order valence-corrected chi connectivity index (χ3v) is 5.27. The van der Waals surface area contributed by atoms with Gasteiger partial charge in [0.25, 0.3) is 5.69 Å². The summed E-state index contributed by atoms with van der Waals surface area (Å²) in [5.41, 5.74) is 1.79. The lowest BCUT2D eigenvalue weighted by atomic mass is 10.0. The van der Waals surface area contributed by atoms with Crippen molar-refractivity contribution < 1.29 is 4.92 Å². The number of anilines is 1. The molecule has 0 aliphatic heterocycles. The number of non-ortho nitro benzene ring substituents is 1. The van der Waals surface area contributed by atoms with Gasteiger partial charge in [-0.15, -0.1) is 0 Å². The van der Waals surface area contributed by atoms with E-state index >= 15 is 0 Å². The zero-order chi connectivity index (χ0) is 15.4. The van der Waals surface area contributed by atoms with Crippen molar-refractivity contribution in [2.75, 3.05) is 5.32 Å². The second kappa shape index (κ2) is 4.16. The first-order valence-electron chi connectivity index (χ1n) is 7.05. The van der Waals surface area contributed by atoms with Gasteiger partial charge in [0, 0.05) is 29.4 Å². The van der Waals surface area contributed by atoms with E-state index < -0.39 is 0 Å². The fourth-order valence-electron chi connectivity index (χ4n) is 3.14. The first-order valence-corrected chi connectivity index (χ1v) is 7.05. The van der Waals surface area contributed by atoms with Crippen LogP contribution < -0.4 is 5.32 Å². The van der Waals surface area contributed by atoms with Crippen molar-refractivity contribution in [3.05, 3.63) is 40.6 Å². The van der Waals surface area contributed by atoms with E-state index in [4.69, 9.17) is 0 Å². The molecule has 1 aromatic heterocycles. The molecule has 0 saturated heterocycles. The summed E-state index contributed by atoms with van der Waals surface area (Å²) >= 11 is 0. The summed E-state index contributed by atoms with van der Waals surface area (Å²) < 4.78 is 0. The van der Waals surface area contributed by atoms with Crippen molar-refractivity contribution in [1.29, 1.82) is 0 Å². The Morgan fingerprint density at radius 2 is 1.86 bits per heavy atom. The molecule has 0 radical (unpaired) electrons. The molecule has 1 aliphatic rings. The highest BCUT2D eigenvalue weighted by Crippen LogP contribution is 2.63. The molecule has 1 aliphatic carbocycles. The Balaban J connectivity index is 2.06. The maximum absolute atomic E-state index is 11.1. The highest BCUT2D eigenvalue weighted by atomic mass is 16.6. The number of hydrogen-bond acceptors (Lipinski definition) is 4. The van der Waals surface area contributed by atoms with Crippen LogP contribution in [0.5, 0.6) is 0 Å². The molecule has 1 N–H and O–H groups in total. The van der Waals surface area contributed by atoms with Crippen LogP contribution >= 0.6 is 0 Å². The molecular formula is C16H19N3O2. The summed E-state index contributed by atoms with van der Waals surface area (Å²) in [6.07, 6.45) is 1.59. The third kappa shape index (κ3) is 1.87. The minimum Gasteiger partial charge on any atom is -0.381 e. The van der Waals surface area contributed by atoms with E-state index in [2.05, 4.69) is 38.0 Å². The van der Waals surface area contributed by atoms with Gasteiger partial charge >= 0.3 is 0 Å². The summed E-state index contributed by atoms with van der Waals surface area (Å²) in [6, 6.07) is 7.34. The summed E-state index contributed by atoms with van der Waals surface area (Å²) in [7, 11) is 0. The van der Waals surface area contributed by atoms with Gasteiger partial charge in [-0.1, -0.05) is 27.7 Å². The molecule has 5 nitrogen and oxygen atoms in total. The summed E-state index contributed by atoms with van der Waals surface area (Å²) in [5, 5.41) is 15.5. The van der Waals surface area contributed by atoms with E-state index in [0.717, 1.165) is 11.1 Å². The second-order valence-electron chi connectivity index (χ2n) is 6.81. The normalized spacial score (nSPS) is 19.4. The third-order valence-electron chi connectivity index (χ3n) is 5.27. The van der Waals surface area contributed by atoms with Crippen LogP contribution in [0, 0.1) is 20.9 Å². The van der Waals surface area contributed by atoms with Crippen LogP contribution in [0.15, 0.2) is 30.5 Å². The van der Waals surface area contributed by atoms with E-state index in [1.54, 1.807) is 18.3 Å². The summed E-state index contributed by atoms with van der Waals surface area (Å²) in [6.45, 7) is 8.93. The van der Waals surface area contributed by atoms with Crippen LogP contribution in [-0.4, -0.2) is 15.9 Å². The Morgan fingerprint density at radius 3 is 2.43 bits per heavy atom. The van der Waals surface area contributed by atoms with Crippen LogP contribution in [0.2, 0.25) is 0 Å². The van der Waals surface area contributed by atoms with Crippen molar-refractivity contribution >= 4 is 22.3 Å². The Bertz CT molecular complexity index is 723. The van der Waals surface area contributed by atoms with Gasteiger partial charge in [0.1, 0.15) is 5.52 Å². The molecule has 2 aromatic rings. The number of aromatic nitrogens is 1. The highest BCUT2D eigenvalue weighted by molar-refractivity contribution is 5.97. The minimum atomic E-state index is -0.385. The van der Waals surface area contributed by atoms with Gasteiger partial charge < -0.3 is 5.32 Å². The standard InChI is InChI=1S/C16H19N3O2/c1-15(2)14(16(15,3)4)18-11-7-8-12(19(20)21)13-10(11)6-5-9-17-13/h5-9,14,18H,1-4H3. The number of fused-ring (bicyclic) bond motifs is 1. The molecule has 1 saturated carbocycles. The number of nitrogens with zero attached hydrogens (tertiary/aromatic N) is 2. The Morgan fingerprint density at radius 1 is 1.19 bits per heavy atom. The summed E-state index contributed by atoms with van der Waals surface area (Å²) in [5.74, 6) is 0. The van der Waals surface area contributed by atoms with Gasteiger partial charge in [-0.2, -0.15) is 0 Å². The number of benzene rings is 1. The molecule has 1 aromatic carbocycles. The van der Waals surface area contributed by atoms with Crippen molar-refractivity contribution in [2.24, 2.45) is 10.8 Å². The number of nitrogens with one attached hydrogen (secondary N) is 1. The van der Waals surface area contributed by atoms with Gasteiger partial charge in [0.2, 0.25) is 0 Å². The first-order chi connectivity index (χ1) is 9.76. The van der Waals surface area contributed by atoms with Gasteiger partial charge in [-0.25, -0.2) is 4.98 Å². The summed E-state index contributed by atoms with van der Waals surface area (Å²) in [4.78, 5) is 14.9. The van der Waals surface area contributed by atoms with Gasteiger partial charge in [0.15, 0.2) is 0 Å². The number of pyridine rings is 1. The molecule has 1 fully saturated rings. The topological polar surface area (TPSA) is 68.1 Å². The molecular weight excluding hydrogens is 266 g/mol. The number of hydrogen-bond donors (Lipinski definition) is 1. The van der Waals surface area contributed by atoms with E-state index in [-0.39, 0.29) is 21.4 Å². The number of nitro groups is 1. The molecule has 1 heterocycles. The van der Waals surface area contributed by atoms with E-state index in [9.17, 15) is 10.1 Å². The van der Waals surface area contributed by atoms with E-state index in [1.165, 1.54) is 6.07 Å². The molecule has 21 heavy (non-hydrogen) atoms. The molecule has 0 atom stereocenters. The molecule has 0 unspecified atom stereocenters. The molecule has 5 heteroatoms. The number of nitro benzene ring substituents is 1. The molecule has 0 amide bonds. The van der Waals surface area contributed by atoms with Gasteiger partial charge in [0.05, 0.1) is 4.92 Å². The highest BCUT2D eigenvalue weighted by Gasteiger charge is 2.65. The zero-order valence-corrected chi connectivity index (χ0v) is 12.7. The predicted octanol–water partition coefficient (Wildman–Crippen LogP) is 3.99. The fraction of sp³-hybridized carbons (Fsp3) is 0.438. The monoisotopic (exact) mass is 285 g/mol. The van der Waals surface area contributed by atoms with Crippen molar-refractivity contribution in [2.45, 2.75) is 33.7 Å². The van der Waals surface area contributed by atoms with Gasteiger partial charge in [-0.3, -0.25) is 10.1 Å². The average Bonchev–Trinajstić information content (AvgIpc) is 2.81. The zero-order valence-electron chi connectivity index (χ0n) is 12.7. The van der Waals surface area contributed by atoms with Crippen molar-refractivity contribution in [3.63, 3.8) is 0 Å². The second-order valence-corrected chi connectivity index (χ2v) is 6.81. The molecule has 0 spiro atoms. The first kappa shape index (κ1) is 13.8. The van der Waals surface area contributed by atoms with Crippen LogP contribution in [0.3, 0.4) is 0 Å². The lowest BCUT2D eigenvalue weighted by molar-refractivity contribution is -0.383. The Hall–Kier alpha value is -2.17. The Kier molecular flexibility index (Phi) is 2.74. The van der Waals surface area contributed by atoms with Crippen LogP contribution in [-0.2, 0) is 0 Å². The van der Waals surface area contributed by atoms with E-state index in [0.29, 0.717) is 11.6 Å². The van der Waals surface area contributed by atoms with Gasteiger partial charge in [-0.05, 0) is 29.0 Å². The Labute approximate surface area is 123 Å². The quantitative estimate of drug-likeness (QED) is 0.684. The molecule has 110 valence electrons. The van der Waals surface area contributed by atoms with E-state index in [1.807, 2.05) is 6.07 Å². The van der Waals surface area contributed by atoms with Crippen LogP contribution in [0.1, 0.15) is 27.7 Å². The fourth-order valence-corrected chi connectivity index (χ4v) is 3.14. The minimum absolute atomic E-state index is 0.0467. The molecule has 3 rings (SSSR count). The average molecular weight is 285 g/mol. The SMILES string of the molecule is CC1(C)C(Nc2ccc([N+](=O)[O-])c3ncccc23)C1(C)C. The number of rotatable bonds is 3. The lowest BCUT2D eigenvalue weighted by Gasteiger charge is -2.11. The predicted molar refractivity (Wildman–Crippen MR) is 83.4 cm³/mol. The maximum Gasteiger partial charge on any atom is 0.295 e. The lowest BCUT2D eigenvalue weighted by Crippen LogP contribution is -2.10. The van der Waals surface area contributed by atoms with Crippen molar-refractivity contribution in [1.82, 2.24) is 4.98 Å². The maximum atomic E-state index is 11.1. The van der Waals surface area contributed by atoms with Crippen LogP contribution in [0.25, 0.3) is 10.9 Å².